The summed E-state index contributed by atoms with van der Waals surface area (Å²) in [5.41, 5.74) is 0. The maximum Gasteiger partial charge on any atom is 0.328 e. The Morgan fingerprint density at radius 1 is 0.554 bits per heavy atom. The molecule has 0 heterocycles. The van der Waals surface area contributed by atoms with Crippen molar-refractivity contribution in [1.82, 2.24) is 10.6 Å². The van der Waals surface area contributed by atoms with Crippen LogP contribution in [0.15, 0.2) is 72.9 Å². The Morgan fingerprint density at radius 2 is 1.00 bits per heavy atom. The van der Waals surface area contributed by atoms with Gasteiger partial charge in [-0.1, -0.05) is 157 Å². The van der Waals surface area contributed by atoms with Gasteiger partial charge < -0.3 is 25.6 Å². The molecule has 9 nitrogen and oxygen atoms in total. The molecule has 0 spiro atoms. The summed E-state index contributed by atoms with van der Waals surface area (Å²) >= 11 is 0. The molecule has 318 valence electrons. The summed E-state index contributed by atoms with van der Waals surface area (Å²) in [5, 5.41) is 22.5. The number of unbranched alkanes of at least 4 members (excludes halogenated alkanes) is 12. The number of rotatable bonds is 38. The average Bonchev–Trinajstić information content (AvgIpc) is 3.18. The van der Waals surface area contributed by atoms with Gasteiger partial charge in [0, 0.05) is 12.8 Å². The van der Waals surface area contributed by atoms with E-state index in [1.165, 1.54) is 51.4 Å². The van der Waals surface area contributed by atoms with Crippen molar-refractivity contribution in [2.45, 2.75) is 187 Å². The second-order valence-electron chi connectivity index (χ2n) is 14.4. The predicted molar refractivity (Wildman–Crippen MR) is 231 cm³/mol. The van der Waals surface area contributed by atoms with Gasteiger partial charge in [0.25, 0.3) is 0 Å². The van der Waals surface area contributed by atoms with Crippen molar-refractivity contribution in [3.8, 4) is 0 Å². The van der Waals surface area contributed by atoms with Crippen LogP contribution in [0.4, 0.5) is 0 Å². The topological polar surface area (TPSA) is 142 Å². The minimum absolute atomic E-state index is 0.0548. The zero-order valence-electron chi connectivity index (χ0n) is 35.1. The number of ether oxygens (including phenoxy) is 1. The Balaban J connectivity index is 4.38. The normalized spacial score (nSPS) is 13.2. The maximum atomic E-state index is 12.7. The standard InChI is InChI=1S/C47H78N2O7/c1-3-5-7-9-11-13-14-15-16-17-18-19-20-21-22-24-26-31-35-39-46(53)56-42(36-32-28-25-23-12-10-8-6-4-2)37-33-29-27-30-34-38-44(51)48-40-45(52)49-43(41-50)47(54)55/h5,7,11,13,15-16,18-19,21-22,26,31,42-43,50H,3-4,6,8-10,12,14,17,20,23-25,27-30,32-41H2,1-2H3,(H,48,51)(H,49,52)(H,54,55)/b7-5-,13-11-,16-15-,19-18-,22-21-,31-26-. The minimum Gasteiger partial charge on any atom is -0.480 e. The average molecular weight is 783 g/mol. The summed E-state index contributed by atoms with van der Waals surface area (Å²) in [6, 6.07) is -1.39. The lowest BCUT2D eigenvalue weighted by molar-refractivity contribution is -0.149. The molecule has 2 atom stereocenters. The molecular weight excluding hydrogens is 705 g/mol. The molecule has 0 saturated carbocycles. The Hall–Kier alpha value is -3.72. The fourth-order valence-corrected chi connectivity index (χ4v) is 5.92. The van der Waals surface area contributed by atoms with Crippen LogP contribution in [0.25, 0.3) is 0 Å². The number of hydrogen-bond acceptors (Lipinski definition) is 6. The van der Waals surface area contributed by atoms with Crippen LogP contribution in [0.3, 0.4) is 0 Å². The smallest absolute Gasteiger partial charge is 0.328 e. The van der Waals surface area contributed by atoms with Crippen molar-refractivity contribution in [2.24, 2.45) is 0 Å². The highest BCUT2D eigenvalue weighted by atomic mass is 16.5. The molecule has 0 aromatic carbocycles. The number of aliphatic carboxylic acids is 1. The maximum absolute atomic E-state index is 12.7. The van der Waals surface area contributed by atoms with Crippen molar-refractivity contribution < 1.29 is 34.1 Å². The van der Waals surface area contributed by atoms with Gasteiger partial charge in [-0.3, -0.25) is 14.4 Å². The molecule has 9 heteroatoms. The van der Waals surface area contributed by atoms with Gasteiger partial charge in [0.2, 0.25) is 11.8 Å². The molecule has 0 aromatic heterocycles. The van der Waals surface area contributed by atoms with E-state index in [1.807, 2.05) is 0 Å². The van der Waals surface area contributed by atoms with Crippen molar-refractivity contribution in [1.29, 1.82) is 0 Å². The number of carboxylic acids is 1. The van der Waals surface area contributed by atoms with E-state index in [0.717, 1.165) is 83.5 Å². The lowest BCUT2D eigenvalue weighted by Crippen LogP contribution is -2.47. The summed E-state index contributed by atoms with van der Waals surface area (Å²) in [6.45, 7) is 3.34. The van der Waals surface area contributed by atoms with Gasteiger partial charge >= 0.3 is 11.9 Å². The van der Waals surface area contributed by atoms with Crippen molar-refractivity contribution in [3.63, 3.8) is 0 Å². The second-order valence-corrected chi connectivity index (χ2v) is 14.4. The van der Waals surface area contributed by atoms with Crippen LogP contribution in [-0.4, -0.2) is 59.3 Å². The van der Waals surface area contributed by atoms with Crippen molar-refractivity contribution >= 4 is 23.8 Å². The number of nitrogens with one attached hydrogen (secondary N) is 2. The first-order chi connectivity index (χ1) is 27.3. The largest absolute Gasteiger partial charge is 0.480 e. The molecule has 2 amide bonds. The summed E-state index contributed by atoms with van der Waals surface area (Å²) < 4.78 is 5.97. The molecule has 0 aliphatic carbocycles. The van der Waals surface area contributed by atoms with Crippen LogP contribution in [0.1, 0.15) is 174 Å². The van der Waals surface area contributed by atoms with E-state index in [0.29, 0.717) is 19.3 Å². The number of aliphatic hydroxyl groups is 1. The first kappa shape index (κ1) is 52.3. The summed E-state index contributed by atoms with van der Waals surface area (Å²) in [6.07, 6.45) is 50.8. The molecular formula is C47H78N2O7. The number of amides is 2. The predicted octanol–water partition coefficient (Wildman–Crippen LogP) is 10.7. The Morgan fingerprint density at radius 3 is 1.46 bits per heavy atom. The third kappa shape index (κ3) is 37.2. The number of allylic oxidation sites excluding steroid dienone is 12. The quantitative estimate of drug-likeness (QED) is 0.0277. The Bertz CT molecular complexity index is 1170. The number of esters is 1. The third-order valence-electron chi connectivity index (χ3n) is 9.23. The van der Waals surface area contributed by atoms with Gasteiger partial charge in [0.05, 0.1) is 13.2 Å². The lowest BCUT2D eigenvalue weighted by atomic mass is 10.0. The highest BCUT2D eigenvalue weighted by Crippen LogP contribution is 2.18. The molecule has 0 aliphatic rings. The first-order valence-corrected chi connectivity index (χ1v) is 21.8. The SMILES string of the molecule is CC/C=C\C/C=C\C/C=C\C/C=C\C/C=C\C/C=C\CCC(=O)OC(CCCCCCCCCCC)CCCCCCCC(=O)NCC(=O)NC(CO)C(=O)O. The van der Waals surface area contributed by atoms with Gasteiger partial charge in [0.15, 0.2) is 0 Å². The Kier molecular flexibility index (Phi) is 38.2. The highest BCUT2D eigenvalue weighted by Gasteiger charge is 2.19. The molecule has 4 N–H and O–H groups in total. The van der Waals surface area contributed by atoms with Gasteiger partial charge in [0.1, 0.15) is 12.1 Å². The highest BCUT2D eigenvalue weighted by molar-refractivity contribution is 5.87. The third-order valence-corrected chi connectivity index (χ3v) is 9.23. The monoisotopic (exact) mass is 783 g/mol. The molecule has 0 radical (unpaired) electrons. The summed E-state index contributed by atoms with van der Waals surface area (Å²) in [7, 11) is 0. The number of carboxylic acid groups (broad SMARTS) is 1. The van der Waals surface area contributed by atoms with Crippen molar-refractivity contribution in [2.75, 3.05) is 13.2 Å². The zero-order chi connectivity index (χ0) is 41.2. The molecule has 0 fully saturated rings. The first-order valence-electron chi connectivity index (χ1n) is 21.8. The number of hydrogen-bond donors (Lipinski definition) is 4. The van der Waals surface area contributed by atoms with Crippen LogP contribution in [0, 0.1) is 0 Å². The number of aliphatic hydroxyl groups excluding tert-OH is 1. The number of carbonyl (C=O) groups is 4. The molecule has 0 aliphatic heterocycles. The van der Waals surface area contributed by atoms with Crippen LogP contribution in [0.5, 0.6) is 0 Å². The molecule has 56 heavy (non-hydrogen) atoms. The van der Waals surface area contributed by atoms with E-state index in [-0.39, 0.29) is 30.9 Å². The van der Waals surface area contributed by atoms with E-state index in [1.54, 1.807) is 0 Å². The molecule has 0 saturated heterocycles. The number of carbonyl (C=O) groups excluding carboxylic acids is 3. The van der Waals surface area contributed by atoms with Gasteiger partial charge in [-0.2, -0.15) is 0 Å². The minimum atomic E-state index is -1.39. The molecule has 0 aromatic rings. The molecule has 0 bridgehead atoms. The summed E-state index contributed by atoms with van der Waals surface area (Å²) in [4.78, 5) is 47.5. The van der Waals surface area contributed by atoms with E-state index in [2.05, 4.69) is 97.4 Å². The Labute approximate surface area is 340 Å². The summed E-state index contributed by atoms with van der Waals surface area (Å²) in [5.74, 6) is -2.39. The second kappa shape index (κ2) is 40.9. The fourth-order valence-electron chi connectivity index (χ4n) is 5.92. The van der Waals surface area contributed by atoms with Crippen LogP contribution in [0.2, 0.25) is 0 Å². The lowest BCUT2D eigenvalue weighted by Gasteiger charge is -2.18. The van der Waals surface area contributed by atoms with Crippen LogP contribution in [-0.2, 0) is 23.9 Å². The van der Waals surface area contributed by atoms with E-state index >= 15 is 0 Å². The van der Waals surface area contributed by atoms with Crippen LogP contribution < -0.4 is 10.6 Å². The van der Waals surface area contributed by atoms with Gasteiger partial charge in [-0.05, 0) is 77.0 Å². The van der Waals surface area contributed by atoms with E-state index in [9.17, 15) is 19.2 Å². The van der Waals surface area contributed by atoms with Gasteiger partial charge in [-0.25, -0.2) is 4.79 Å². The van der Waals surface area contributed by atoms with Crippen molar-refractivity contribution in [3.05, 3.63) is 72.9 Å². The zero-order valence-corrected chi connectivity index (χ0v) is 35.1. The molecule has 2 unspecified atom stereocenters. The van der Waals surface area contributed by atoms with Crippen LogP contribution >= 0.6 is 0 Å². The molecule has 0 rings (SSSR count). The van der Waals surface area contributed by atoms with Gasteiger partial charge in [-0.15, -0.1) is 0 Å². The van der Waals surface area contributed by atoms with E-state index < -0.39 is 24.5 Å². The fraction of sp³-hybridized carbons (Fsp3) is 0.660. The van der Waals surface area contributed by atoms with E-state index in [4.69, 9.17) is 14.9 Å².